The summed E-state index contributed by atoms with van der Waals surface area (Å²) >= 11 is 5.87. The minimum absolute atomic E-state index is 0.162. The number of hydrogen-bond donors (Lipinski definition) is 1. The molecule has 24 heavy (non-hydrogen) atoms. The van der Waals surface area contributed by atoms with E-state index in [-0.39, 0.29) is 11.8 Å². The van der Waals surface area contributed by atoms with E-state index in [0.29, 0.717) is 18.1 Å². The number of aromatic nitrogens is 1. The smallest absolute Gasteiger partial charge is 0.242 e. The standard InChI is InChI=1S/C18H20ClN3O2/c1-13(18(24)21-11-17-5-3-4-10-20-17)22(14(2)23)12-15-6-8-16(19)9-7-15/h3-10,13H,11-12H2,1-2H3,(H,21,24)/t13-/m0/s1. The maximum atomic E-state index is 12.4. The second kappa shape index (κ2) is 8.45. The number of nitrogens with zero attached hydrogens (tertiary/aromatic N) is 2. The van der Waals surface area contributed by atoms with E-state index in [1.807, 2.05) is 30.3 Å². The molecule has 0 radical (unpaired) electrons. The predicted molar refractivity (Wildman–Crippen MR) is 93.2 cm³/mol. The lowest BCUT2D eigenvalue weighted by molar-refractivity contribution is -0.139. The van der Waals surface area contributed by atoms with Gasteiger partial charge in [0.15, 0.2) is 0 Å². The van der Waals surface area contributed by atoms with Crippen molar-refractivity contribution in [2.45, 2.75) is 33.0 Å². The fourth-order valence-electron chi connectivity index (χ4n) is 2.28. The molecule has 1 aromatic carbocycles. The van der Waals surface area contributed by atoms with Gasteiger partial charge in [0, 0.05) is 24.7 Å². The Morgan fingerprint density at radius 2 is 1.92 bits per heavy atom. The highest BCUT2D eigenvalue weighted by Gasteiger charge is 2.23. The molecule has 0 fully saturated rings. The first-order valence-electron chi connectivity index (χ1n) is 7.66. The van der Waals surface area contributed by atoms with Crippen molar-refractivity contribution in [3.8, 4) is 0 Å². The molecule has 2 amide bonds. The van der Waals surface area contributed by atoms with Crippen molar-refractivity contribution in [1.29, 1.82) is 0 Å². The molecule has 0 bridgehead atoms. The third-order valence-electron chi connectivity index (χ3n) is 3.69. The zero-order valence-corrected chi connectivity index (χ0v) is 14.5. The highest BCUT2D eigenvalue weighted by molar-refractivity contribution is 6.30. The van der Waals surface area contributed by atoms with Crippen molar-refractivity contribution in [1.82, 2.24) is 15.2 Å². The molecule has 0 aliphatic carbocycles. The number of benzene rings is 1. The second-order valence-corrected chi connectivity index (χ2v) is 5.92. The Morgan fingerprint density at radius 1 is 1.21 bits per heavy atom. The molecule has 1 heterocycles. The van der Waals surface area contributed by atoms with E-state index in [4.69, 9.17) is 11.6 Å². The number of amides is 2. The summed E-state index contributed by atoms with van der Waals surface area (Å²) in [6, 6.07) is 12.1. The van der Waals surface area contributed by atoms with Crippen molar-refractivity contribution < 1.29 is 9.59 Å². The van der Waals surface area contributed by atoms with Crippen LogP contribution in [-0.2, 0) is 22.7 Å². The quantitative estimate of drug-likeness (QED) is 0.875. The van der Waals surface area contributed by atoms with E-state index in [2.05, 4.69) is 10.3 Å². The summed E-state index contributed by atoms with van der Waals surface area (Å²) in [5.74, 6) is -0.379. The van der Waals surface area contributed by atoms with Gasteiger partial charge in [-0.25, -0.2) is 0 Å². The van der Waals surface area contributed by atoms with Crippen LogP contribution in [0.15, 0.2) is 48.7 Å². The summed E-state index contributed by atoms with van der Waals surface area (Å²) in [5.41, 5.74) is 1.68. The van der Waals surface area contributed by atoms with Gasteiger partial charge in [-0.1, -0.05) is 29.8 Å². The van der Waals surface area contributed by atoms with Gasteiger partial charge >= 0.3 is 0 Å². The summed E-state index contributed by atoms with van der Waals surface area (Å²) in [4.78, 5) is 30.0. The Labute approximate surface area is 146 Å². The second-order valence-electron chi connectivity index (χ2n) is 5.49. The number of pyridine rings is 1. The average molecular weight is 346 g/mol. The van der Waals surface area contributed by atoms with E-state index < -0.39 is 6.04 Å². The number of carbonyl (C=O) groups excluding carboxylic acids is 2. The highest BCUT2D eigenvalue weighted by atomic mass is 35.5. The lowest BCUT2D eigenvalue weighted by atomic mass is 10.1. The van der Waals surface area contributed by atoms with E-state index in [1.165, 1.54) is 11.8 Å². The molecular formula is C18H20ClN3O2. The van der Waals surface area contributed by atoms with Crippen molar-refractivity contribution in [2.24, 2.45) is 0 Å². The van der Waals surface area contributed by atoms with Crippen LogP contribution < -0.4 is 5.32 Å². The summed E-state index contributed by atoms with van der Waals surface area (Å²) in [6.07, 6.45) is 1.67. The molecule has 0 unspecified atom stereocenters. The van der Waals surface area contributed by atoms with Crippen LogP contribution in [-0.4, -0.2) is 27.7 Å². The van der Waals surface area contributed by atoms with E-state index >= 15 is 0 Å². The summed E-state index contributed by atoms with van der Waals surface area (Å²) in [5, 5.41) is 3.45. The highest BCUT2D eigenvalue weighted by Crippen LogP contribution is 2.13. The van der Waals surface area contributed by atoms with Gasteiger partial charge in [0.2, 0.25) is 11.8 Å². The molecule has 1 atom stereocenters. The van der Waals surface area contributed by atoms with Gasteiger partial charge < -0.3 is 10.2 Å². The zero-order chi connectivity index (χ0) is 17.5. The number of nitrogens with one attached hydrogen (secondary N) is 1. The summed E-state index contributed by atoms with van der Waals surface area (Å²) in [7, 11) is 0. The van der Waals surface area contributed by atoms with Gasteiger partial charge in [0.1, 0.15) is 6.04 Å². The van der Waals surface area contributed by atoms with Gasteiger partial charge in [-0.2, -0.15) is 0 Å². The molecule has 0 saturated heterocycles. The van der Waals surface area contributed by atoms with E-state index in [1.54, 1.807) is 25.3 Å². The van der Waals surface area contributed by atoms with Crippen LogP contribution in [0.3, 0.4) is 0 Å². The summed E-state index contributed by atoms with van der Waals surface area (Å²) < 4.78 is 0. The third kappa shape index (κ3) is 5.06. The molecule has 2 aromatic rings. The third-order valence-corrected chi connectivity index (χ3v) is 3.94. The molecule has 0 saturated carbocycles. The first-order chi connectivity index (χ1) is 11.5. The number of halogens is 1. The predicted octanol–water partition coefficient (Wildman–Crippen LogP) is 2.79. The summed E-state index contributed by atoms with van der Waals surface area (Å²) in [6.45, 7) is 3.85. The SMILES string of the molecule is CC(=O)N(Cc1ccc(Cl)cc1)[C@@H](C)C(=O)NCc1ccccn1. The normalized spacial score (nSPS) is 11.6. The maximum absolute atomic E-state index is 12.4. The van der Waals surface area contributed by atoms with Gasteiger partial charge in [-0.05, 0) is 36.8 Å². The van der Waals surface area contributed by atoms with Crippen molar-refractivity contribution in [3.05, 3.63) is 64.9 Å². The fraction of sp³-hybridized carbons (Fsp3) is 0.278. The molecule has 0 aliphatic heterocycles. The Morgan fingerprint density at radius 3 is 2.50 bits per heavy atom. The monoisotopic (exact) mass is 345 g/mol. The Bertz CT molecular complexity index is 689. The molecule has 0 aliphatic rings. The molecule has 1 N–H and O–H groups in total. The van der Waals surface area contributed by atoms with Gasteiger partial charge in [0.05, 0.1) is 12.2 Å². The van der Waals surface area contributed by atoms with Crippen molar-refractivity contribution in [3.63, 3.8) is 0 Å². The molecule has 6 heteroatoms. The number of rotatable bonds is 6. The van der Waals surface area contributed by atoms with Crippen LogP contribution in [0.2, 0.25) is 5.02 Å². The first kappa shape index (κ1) is 17.9. The van der Waals surface area contributed by atoms with Crippen LogP contribution in [0.4, 0.5) is 0 Å². The van der Waals surface area contributed by atoms with Crippen LogP contribution in [0.1, 0.15) is 25.1 Å². The molecule has 5 nitrogen and oxygen atoms in total. The molecule has 126 valence electrons. The number of carbonyl (C=O) groups is 2. The average Bonchev–Trinajstić information content (AvgIpc) is 2.59. The topological polar surface area (TPSA) is 62.3 Å². The van der Waals surface area contributed by atoms with Gasteiger partial charge in [-0.15, -0.1) is 0 Å². The molecule has 2 rings (SSSR count). The maximum Gasteiger partial charge on any atom is 0.242 e. The van der Waals surface area contributed by atoms with Crippen LogP contribution >= 0.6 is 11.6 Å². The molecule has 1 aromatic heterocycles. The molecular weight excluding hydrogens is 326 g/mol. The van der Waals surface area contributed by atoms with Crippen LogP contribution in [0.5, 0.6) is 0 Å². The largest absolute Gasteiger partial charge is 0.349 e. The fourth-order valence-corrected chi connectivity index (χ4v) is 2.40. The minimum atomic E-state index is -0.582. The Hall–Kier alpha value is -2.40. The lowest BCUT2D eigenvalue weighted by Gasteiger charge is -2.27. The molecule has 0 spiro atoms. The minimum Gasteiger partial charge on any atom is -0.349 e. The van der Waals surface area contributed by atoms with E-state index in [0.717, 1.165) is 11.3 Å². The van der Waals surface area contributed by atoms with Crippen LogP contribution in [0.25, 0.3) is 0 Å². The lowest BCUT2D eigenvalue weighted by Crippen LogP contribution is -2.46. The van der Waals surface area contributed by atoms with Gasteiger partial charge in [-0.3, -0.25) is 14.6 Å². The van der Waals surface area contributed by atoms with Crippen molar-refractivity contribution >= 4 is 23.4 Å². The van der Waals surface area contributed by atoms with E-state index in [9.17, 15) is 9.59 Å². The van der Waals surface area contributed by atoms with Crippen LogP contribution in [0, 0.1) is 0 Å². The first-order valence-corrected chi connectivity index (χ1v) is 8.04. The zero-order valence-electron chi connectivity index (χ0n) is 13.7. The Balaban J connectivity index is 1.99. The Kier molecular flexibility index (Phi) is 6.32. The number of hydrogen-bond acceptors (Lipinski definition) is 3. The van der Waals surface area contributed by atoms with Gasteiger partial charge in [0.25, 0.3) is 0 Å². The van der Waals surface area contributed by atoms with Crippen molar-refractivity contribution in [2.75, 3.05) is 0 Å².